The van der Waals surface area contributed by atoms with Gasteiger partial charge in [0, 0.05) is 0 Å². The van der Waals surface area contributed by atoms with Crippen LogP contribution >= 0.6 is 0 Å². The van der Waals surface area contributed by atoms with Crippen molar-refractivity contribution in [2.75, 3.05) is 0 Å². The molecule has 0 aliphatic rings. The summed E-state index contributed by atoms with van der Waals surface area (Å²) in [5, 5.41) is 1.19. The van der Waals surface area contributed by atoms with Gasteiger partial charge in [0.05, 0.1) is 9.79 Å². The number of rotatable bonds is 2. The fraction of sp³-hybridized carbons (Fsp3) is 0. The van der Waals surface area contributed by atoms with Crippen molar-refractivity contribution in [3.8, 4) is 0 Å². The Kier molecular flexibility index (Phi) is 3.00. The zero-order valence-corrected chi connectivity index (χ0v) is 10.0. The van der Waals surface area contributed by atoms with E-state index in [4.69, 9.17) is 9.11 Å². The van der Waals surface area contributed by atoms with Crippen molar-refractivity contribution in [1.29, 1.82) is 0 Å². The third-order valence-electron chi connectivity index (χ3n) is 2.28. The molecule has 2 N–H and O–H groups in total. The number of hydrogen-bond acceptors (Lipinski definition) is 3. The minimum atomic E-state index is -4.27. The molecule has 17 heavy (non-hydrogen) atoms. The molecule has 2 rings (SSSR count). The highest BCUT2D eigenvalue weighted by Crippen LogP contribution is 2.21. The largest absolute Gasteiger partial charge is 0.302 e. The molecule has 0 saturated carbocycles. The molecule has 0 amide bonds. The maximum atomic E-state index is 10.9. The number of hydrogen-bond donors (Lipinski definition) is 2. The Hall–Kier alpha value is -1.28. The summed E-state index contributed by atoms with van der Waals surface area (Å²) >= 11 is -2.12. The van der Waals surface area contributed by atoms with Gasteiger partial charge in [0.15, 0.2) is 11.1 Å². The Morgan fingerprint density at radius 2 is 1.65 bits per heavy atom. The predicted molar refractivity (Wildman–Crippen MR) is 62.8 cm³/mol. The Labute approximate surface area is 100 Å². The molecule has 2 aromatic rings. The van der Waals surface area contributed by atoms with E-state index in [1.165, 1.54) is 30.3 Å². The van der Waals surface area contributed by atoms with Gasteiger partial charge >= 0.3 is 0 Å². The standard InChI is InChI=1S/C10H8O5S2/c11-16(12)9-3-1-7-2-4-10(17(13,14)15)6-8(7)5-9/h1-6H,(H,11,12)(H,13,14,15). The van der Waals surface area contributed by atoms with Gasteiger partial charge in [0.2, 0.25) is 0 Å². The van der Waals surface area contributed by atoms with Gasteiger partial charge in [-0.1, -0.05) is 12.1 Å². The second-order valence-electron chi connectivity index (χ2n) is 3.39. The van der Waals surface area contributed by atoms with Gasteiger partial charge in [-0.25, -0.2) is 4.21 Å². The van der Waals surface area contributed by atoms with Gasteiger partial charge in [0.1, 0.15) is 0 Å². The van der Waals surface area contributed by atoms with Crippen LogP contribution in [-0.2, 0) is 21.2 Å². The van der Waals surface area contributed by atoms with Crippen LogP contribution in [0.3, 0.4) is 0 Å². The first-order valence-electron chi connectivity index (χ1n) is 4.50. The molecule has 0 aliphatic carbocycles. The predicted octanol–water partition coefficient (Wildman–Crippen LogP) is 1.67. The molecule has 0 fully saturated rings. The summed E-state index contributed by atoms with van der Waals surface area (Å²) in [4.78, 5) is -0.0733. The van der Waals surface area contributed by atoms with Crippen LogP contribution in [-0.4, -0.2) is 21.7 Å². The smallest absolute Gasteiger partial charge is 0.294 e. The van der Waals surface area contributed by atoms with Gasteiger partial charge in [-0.05, 0) is 35.0 Å². The van der Waals surface area contributed by atoms with Crippen molar-refractivity contribution in [3.63, 3.8) is 0 Å². The summed E-state index contributed by atoms with van der Waals surface area (Å²) < 4.78 is 50.6. The lowest BCUT2D eigenvalue weighted by molar-refractivity contribution is 0.483. The average Bonchev–Trinajstić information content (AvgIpc) is 2.26. The molecule has 0 spiro atoms. The monoisotopic (exact) mass is 272 g/mol. The zero-order chi connectivity index (χ0) is 12.6. The van der Waals surface area contributed by atoms with Crippen LogP contribution in [0.15, 0.2) is 46.2 Å². The van der Waals surface area contributed by atoms with Crippen molar-refractivity contribution in [3.05, 3.63) is 36.4 Å². The molecule has 0 aromatic heterocycles. The minimum Gasteiger partial charge on any atom is -0.302 e. The second-order valence-corrected chi connectivity index (χ2v) is 5.79. The molecule has 5 nitrogen and oxygen atoms in total. The summed E-state index contributed by atoms with van der Waals surface area (Å²) in [6, 6.07) is 8.52. The van der Waals surface area contributed by atoms with E-state index in [1.807, 2.05) is 0 Å². The lowest BCUT2D eigenvalue weighted by atomic mass is 10.1. The van der Waals surface area contributed by atoms with E-state index in [0.29, 0.717) is 10.8 Å². The summed E-state index contributed by atoms with van der Waals surface area (Å²) in [7, 11) is -4.27. The molecule has 2 aromatic carbocycles. The molecular weight excluding hydrogens is 264 g/mol. The normalized spacial score (nSPS) is 13.8. The topological polar surface area (TPSA) is 91.7 Å². The van der Waals surface area contributed by atoms with E-state index >= 15 is 0 Å². The van der Waals surface area contributed by atoms with Gasteiger partial charge in [0.25, 0.3) is 10.1 Å². The molecule has 0 bridgehead atoms. The average molecular weight is 272 g/mol. The lowest BCUT2D eigenvalue weighted by Gasteiger charge is -2.02. The summed E-state index contributed by atoms with van der Waals surface area (Å²) in [6.07, 6.45) is 0. The fourth-order valence-corrected chi connectivity index (χ4v) is 2.40. The first kappa shape index (κ1) is 12.2. The quantitative estimate of drug-likeness (QED) is 0.641. The first-order valence-corrected chi connectivity index (χ1v) is 7.05. The van der Waals surface area contributed by atoms with Crippen molar-refractivity contribution in [1.82, 2.24) is 0 Å². The van der Waals surface area contributed by atoms with Crippen molar-refractivity contribution in [2.24, 2.45) is 0 Å². The van der Waals surface area contributed by atoms with Crippen LogP contribution in [0, 0.1) is 0 Å². The van der Waals surface area contributed by atoms with Crippen molar-refractivity contribution >= 4 is 32.0 Å². The van der Waals surface area contributed by atoms with E-state index in [-0.39, 0.29) is 9.79 Å². The summed E-state index contributed by atoms with van der Waals surface area (Å²) in [6.45, 7) is 0. The van der Waals surface area contributed by atoms with Gasteiger partial charge in [-0.15, -0.1) is 0 Å². The Balaban J connectivity index is 2.71. The van der Waals surface area contributed by atoms with E-state index < -0.39 is 21.2 Å². The molecule has 0 radical (unpaired) electrons. The number of fused-ring (bicyclic) bond motifs is 1. The van der Waals surface area contributed by atoms with E-state index in [0.717, 1.165) is 0 Å². The van der Waals surface area contributed by atoms with Gasteiger partial charge in [-0.2, -0.15) is 8.42 Å². The highest BCUT2D eigenvalue weighted by molar-refractivity contribution is 7.85. The van der Waals surface area contributed by atoms with Crippen LogP contribution in [0.1, 0.15) is 0 Å². The minimum absolute atomic E-state index is 0.171. The van der Waals surface area contributed by atoms with Gasteiger partial charge in [-0.3, -0.25) is 4.55 Å². The first-order chi connectivity index (χ1) is 7.88. The zero-order valence-electron chi connectivity index (χ0n) is 8.40. The van der Waals surface area contributed by atoms with Gasteiger partial charge < -0.3 is 4.55 Å². The molecule has 0 aliphatic heterocycles. The Morgan fingerprint density at radius 1 is 1.00 bits per heavy atom. The molecule has 7 heteroatoms. The maximum absolute atomic E-state index is 10.9. The number of benzene rings is 2. The molecule has 1 atom stereocenters. The van der Waals surface area contributed by atoms with Crippen LogP contribution in [0.5, 0.6) is 0 Å². The molecule has 1 unspecified atom stereocenters. The van der Waals surface area contributed by atoms with Crippen LogP contribution in [0.25, 0.3) is 10.8 Å². The third-order valence-corrected chi connectivity index (χ3v) is 3.79. The summed E-state index contributed by atoms with van der Waals surface area (Å²) in [5.41, 5.74) is 0. The third kappa shape index (κ3) is 2.52. The van der Waals surface area contributed by atoms with E-state index in [2.05, 4.69) is 0 Å². The van der Waals surface area contributed by atoms with Crippen LogP contribution in [0.4, 0.5) is 0 Å². The Bertz CT molecular complexity index is 706. The highest BCUT2D eigenvalue weighted by Gasteiger charge is 2.10. The molecule has 0 heterocycles. The molecule has 90 valence electrons. The summed E-state index contributed by atoms with van der Waals surface area (Å²) in [5.74, 6) is 0. The van der Waals surface area contributed by atoms with E-state index in [1.54, 1.807) is 6.07 Å². The highest BCUT2D eigenvalue weighted by atomic mass is 32.2. The van der Waals surface area contributed by atoms with Crippen molar-refractivity contribution < 1.29 is 21.7 Å². The molecular formula is C10H8O5S2. The Morgan fingerprint density at radius 3 is 2.24 bits per heavy atom. The van der Waals surface area contributed by atoms with Crippen LogP contribution < -0.4 is 0 Å². The van der Waals surface area contributed by atoms with Crippen molar-refractivity contribution in [2.45, 2.75) is 9.79 Å². The maximum Gasteiger partial charge on any atom is 0.294 e. The SMILES string of the molecule is O=S(O)c1ccc2ccc(S(=O)(=O)O)cc2c1. The lowest BCUT2D eigenvalue weighted by Crippen LogP contribution is -1.97. The second kappa shape index (κ2) is 4.19. The molecule has 0 saturated heterocycles. The fourth-order valence-electron chi connectivity index (χ4n) is 1.47. The van der Waals surface area contributed by atoms with Crippen LogP contribution in [0.2, 0.25) is 0 Å². The van der Waals surface area contributed by atoms with E-state index in [9.17, 15) is 12.6 Å².